The molecule has 1 aromatic heterocycles. The highest BCUT2D eigenvalue weighted by Crippen LogP contribution is 2.19. The molecular weight excluding hydrogens is 212 g/mol. The molecule has 0 saturated heterocycles. The molecule has 1 aliphatic heterocycles. The summed E-state index contributed by atoms with van der Waals surface area (Å²) in [7, 11) is 0. The van der Waals surface area contributed by atoms with Crippen molar-refractivity contribution in [3.05, 3.63) is 48.3 Å². The van der Waals surface area contributed by atoms with Crippen LogP contribution < -0.4 is 0 Å². The van der Waals surface area contributed by atoms with Crippen molar-refractivity contribution in [2.75, 3.05) is 6.54 Å². The van der Waals surface area contributed by atoms with Gasteiger partial charge in [-0.2, -0.15) is 0 Å². The van der Waals surface area contributed by atoms with Crippen molar-refractivity contribution < 1.29 is 4.79 Å². The maximum atomic E-state index is 11.5. The van der Waals surface area contributed by atoms with E-state index < -0.39 is 0 Å². The van der Waals surface area contributed by atoms with Crippen LogP contribution in [0.5, 0.6) is 0 Å². The zero-order valence-corrected chi connectivity index (χ0v) is 9.52. The molecule has 1 aromatic carbocycles. The Morgan fingerprint density at radius 2 is 2.18 bits per heavy atom. The van der Waals surface area contributed by atoms with Gasteiger partial charge in [0, 0.05) is 36.3 Å². The van der Waals surface area contributed by atoms with Crippen LogP contribution in [0.15, 0.2) is 42.7 Å². The van der Waals surface area contributed by atoms with Crippen LogP contribution in [0.4, 0.5) is 0 Å². The lowest BCUT2D eigenvalue weighted by molar-refractivity contribution is -0.126. The number of carbonyl (C=O) groups is 1. The molecule has 0 unspecified atom stereocenters. The average molecular weight is 226 g/mol. The number of benzene rings is 1. The number of hydrogen-bond acceptors (Lipinski definition) is 1. The van der Waals surface area contributed by atoms with Crippen LogP contribution in [0, 0.1) is 0 Å². The molecule has 0 radical (unpaired) electrons. The number of aromatic nitrogens is 1. The third-order valence-corrected chi connectivity index (χ3v) is 3.20. The molecule has 0 atom stereocenters. The number of hydrogen-bond donors (Lipinski definition) is 1. The van der Waals surface area contributed by atoms with Crippen molar-refractivity contribution in [2.24, 2.45) is 0 Å². The summed E-state index contributed by atoms with van der Waals surface area (Å²) in [5, 5.41) is 1.25. The third kappa shape index (κ3) is 1.84. The summed E-state index contributed by atoms with van der Waals surface area (Å²) in [6, 6.07) is 8.25. The van der Waals surface area contributed by atoms with E-state index in [1.807, 2.05) is 30.6 Å². The minimum atomic E-state index is 0.199. The van der Waals surface area contributed by atoms with E-state index in [1.54, 1.807) is 4.90 Å². The van der Waals surface area contributed by atoms with Crippen molar-refractivity contribution >= 4 is 16.8 Å². The average Bonchev–Trinajstić information content (AvgIpc) is 2.93. The summed E-state index contributed by atoms with van der Waals surface area (Å²) < 4.78 is 0. The summed E-state index contributed by atoms with van der Waals surface area (Å²) >= 11 is 0. The van der Waals surface area contributed by atoms with E-state index in [0.717, 1.165) is 18.5 Å². The lowest BCUT2D eigenvalue weighted by Crippen LogP contribution is -2.23. The van der Waals surface area contributed by atoms with Gasteiger partial charge in [0.1, 0.15) is 0 Å². The molecule has 2 heterocycles. The molecule has 17 heavy (non-hydrogen) atoms. The fourth-order valence-corrected chi connectivity index (χ4v) is 2.26. The van der Waals surface area contributed by atoms with E-state index in [0.29, 0.717) is 6.42 Å². The van der Waals surface area contributed by atoms with Gasteiger partial charge in [-0.3, -0.25) is 4.79 Å². The summed E-state index contributed by atoms with van der Waals surface area (Å²) in [5.41, 5.74) is 2.43. The predicted octanol–water partition coefficient (Wildman–Crippen LogP) is 2.46. The van der Waals surface area contributed by atoms with Crippen molar-refractivity contribution in [1.82, 2.24) is 9.88 Å². The van der Waals surface area contributed by atoms with Crippen molar-refractivity contribution in [1.29, 1.82) is 0 Å². The number of nitrogens with one attached hydrogen (secondary N) is 1. The fourth-order valence-electron chi connectivity index (χ4n) is 2.26. The first kappa shape index (κ1) is 10.1. The van der Waals surface area contributed by atoms with Gasteiger partial charge in [-0.1, -0.05) is 24.3 Å². The van der Waals surface area contributed by atoms with E-state index in [4.69, 9.17) is 0 Å². The Kier molecular flexibility index (Phi) is 2.44. The maximum Gasteiger partial charge on any atom is 0.230 e. The molecule has 3 rings (SSSR count). The quantitative estimate of drug-likeness (QED) is 0.857. The predicted molar refractivity (Wildman–Crippen MR) is 67.5 cm³/mol. The number of H-pyrrole nitrogens is 1. The number of fused-ring (bicyclic) bond motifs is 1. The molecule has 0 bridgehead atoms. The Balaban J connectivity index is 1.77. The normalized spacial score (nSPS) is 15.1. The van der Waals surface area contributed by atoms with Gasteiger partial charge in [0.2, 0.25) is 5.91 Å². The molecule has 0 saturated carbocycles. The van der Waals surface area contributed by atoms with Gasteiger partial charge in [-0.15, -0.1) is 0 Å². The Morgan fingerprint density at radius 1 is 1.29 bits per heavy atom. The van der Waals surface area contributed by atoms with Crippen LogP contribution >= 0.6 is 0 Å². The van der Waals surface area contributed by atoms with Crippen molar-refractivity contribution in [3.63, 3.8) is 0 Å². The smallest absolute Gasteiger partial charge is 0.230 e. The minimum Gasteiger partial charge on any atom is -0.361 e. The first-order chi connectivity index (χ1) is 8.34. The standard InChI is InChI=1S/C14H14N2O/c17-14-6-3-8-16(14)9-7-11-10-15-13-5-2-1-4-12(11)13/h1-5,8,10,15H,6-7,9H2. The second-order valence-corrected chi connectivity index (χ2v) is 4.29. The molecule has 0 spiro atoms. The van der Waals surface area contributed by atoms with Crippen LogP contribution in [-0.4, -0.2) is 22.3 Å². The highest BCUT2D eigenvalue weighted by molar-refractivity contribution is 5.83. The van der Waals surface area contributed by atoms with Crippen LogP contribution in [0.3, 0.4) is 0 Å². The molecule has 2 aromatic rings. The zero-order chi connectivity index (χ0) is 11.7. The van der Waals surface area contributed by atoms with Gasteiger partial charge in [-0.05, 0) is 18.1 Å². The summed E-state index contributed by atoms with van der Waals surface area (Å²) in [6.07, 6.45) is 7.28. The Morgan fingerprint density at radius 3 is 3.00 bits per heavy atom. The summed E-state index contributed by atoms with van der Waals surface area (Å²) in [6.45, 7) is 0.761. The second kappa shape index (κ2) is 4.09. The van der Waals surface area contributed by atoms with Gasteiger partial charge in [0.15, 0.2) is 0 Å². The van der Waals surface area contributed by atoms with Crippen molar-refractivity contribution in [2.45, 2.75) is 12.8 Å². The van der Waals surface area contributed by atoms with E-state index >= 15 is 0 Å². The molecule has 1 N–H and O–H groups in total. The first-order valence-corrected chi connectivity index (χ1v) is 5.86. The third-order valence-electron chi connectivity index (χ3n) is 3.20. The molecule has 3 nitrogen and oxygen atoms in total. The number of para-hydroxylation sites is 1. The molecule has 0 fully saturated rings. The maximum absolute atomic E-state index is 11.5. The van der Waals surface area contributed by atoms with E-state index in [-0.39, 0.29) is 5.91 Å². The van der Waals surface area contributed by atoms with Gasteiger partial charge in [0.25, 0.3) is 0 Å². The number of nitrogens with zero attached hydrogens (tertiary/aromatic N) is 1. The Hall–Kier alpha value is -2.03. The van der Waals surface area contributed by atoms with Crippen molar-refractivity contribution in [3.8, 4) is 0 Å². The lowest BCUT2D eigenvalue weighted by atomic mass is 10.1. The van der Waals surface area contributed by atoms with E-state index in [1.165, 1.54) is 10.9 Å². The molecule has 1 amide bonds. The van der Waals surface area contributed by atoms with Gasteiger partial charge >= 0.3 is 0 Å². The fraction of sp³-hybridized carbons (Fsp3) is 0.214. The SMILES string of the molecule is O=C1CC=CN1CCc1c[nH]c2ccccc12. The highest BCUT2D eigenvalue weighted by atomic mass is 16.2. The van der Waals surface area contributed by atoms with Crippen LogP contribution in [0.25, 0.3) is 10.9 Å². The number of aromatic amines is 1. The zero-order valence-electron chi connectivity index (χ0n) is 9.52. The molecule has 1 aliphatic rings. The molecule has 86 valence electrons. The van der Waals surface area contributed by atoms with Crippen LogP contribution in [0.2, 0.25) is 0 Å². The Bertz CT molecular complexity index is 583. The number of rotatable bonds is 3. The van der Waals surface area contributed by atoms with E-state index in [9.17, 15) is 4.79 Å². The minimum absolute atomic E-state index is 0.199. The highest BCUT2D eigenvalue weighted by Gasteiger charge is 2.14. The van der Waals surface area contributed by atoms with Crippen LogP contribution in [-0.2, 0) is 11.2 Å². The number of amides is 1. The topological polar surface area (TPSA) is 36.1 Å². The molecule has 0 aliphatic carbocycles. The number of carbonyl (C=O) groups excluding carboxylic acids is 1. The molecule has 3 heteroatoms. The van der Waals surface area contributed by atoms with Crippen LogP contribution in [0.1, 0.15) is 12.0 Å². The van der Waals surface area contributed by atoms with Gasteiger partial charge in [0.05, 0.1) is 0 Å². The Labute approximate surface area is 99.7 Å². The van der Waals surface area contributed by atoms with Gasteiger partial charge in [-0.25, -0.2) is 0 Å². The van der Waals surface area contributed by atoms with E-state index in [2.05, 4.69) is 17.1 Å². The lowest BCUT2D eigenvalue weighted by Gasteiger charge is -2.12. The summed E-state index contributed by atoms with van der Waals surface area (Å²) in [4.78, 5) is 16.5. The molecular formula is C14H14N2O. The largest absolute Gasteiger partial charge is 0.361 e. The van der Waals surface area contributed by atoms with Gasteiger partial charge < -0.3 is 9.88 Å². The summed E-state index contributed by atoms with van der Waals surface area (Å²) in [5.74, 6) is 0.199. The first-order valence-electron chi connectivity index (χ1n) is 5.86. The second-order valence-electron chi connectivity index (χ2n) is 4.29. The monoisotopic (exact) mass is 226 g/mol.